The Kier molecular flexibility index (Phi) is 6.78. The lowest BCUT2D eigenvalue weighted by Gasteiger charge is -2.31. The smallest absolute Gasteiger partial charge is 0.326 e. The van der Waals surface area contributed by atoms with Gasteiger partial charge in [0, 0.05) is 17.8 Å². The molecular weight excluding hydrogens is 392 g/mol. The second-order valence-electron chi connectivity index (χ2n) is 8.86. The van der Waals surface area contributed by atoms with E-state index in [1.54, 1.807) is 24.0 Å². The van der Waals surface area contributed by atoms with Crippen LogP contribution in [0.15, 0.2) is 48.5 Å². The van der Waals surface area contributed by atoms with Gasteiger partial charge in [-0.3, -0.25) is 14.4 Å². The Bertz CT molecular complexity index is 960. The van der Waals surface area contributed by atoms with Gasteiger partial charge in [0.1, 0.15) is 6.54 Å². The molecule has 0 saturated heterocycles. The molecule has 6 heteroatoms. The summed E-state index contributed by atoms with van der Waals surface area (Å²) in [6, 6.07) is 15.1. The third kappa shape index (κ3) is 5.51. The standard InChI is InChI=1S/C25H30N2O4/c1-17(24(30)27-15-7-9-18-8-5-6-10-21(18)27)31-22(28)16-26-23(29)19-11-13-20(14-12-19)25(2,3)4/h5-6,8,10-14,17H,7,9,15-16H2,1-4H3,(H,26,29). The van der Waals surface area contributed by atoms with E-state index in [2.05, 4.69) is 26.1 Å². The first-order valence-corrected chi connectivity index (χ1v) is 10.6. The summed E-state index contributed by atoms with van der Waals surface area (Å²) in [5.41, 5.74) is 3.57. The van der Waals surface area contributed by atoms with Crippen LogP contribution in [0.3, 0.4) is 0 Å². The molecule has 1 aliphatic rings. The van der Waals surface area contributed by atoms with Gasteiger partial charge in [-0.15, -0.1) is 0 Å². The summed E-state index contributed by atoms with van der Waals surface area (Å²) in [5, 5.41) is 2.56. The van der Waals surface area contributed by atoms with Gasteiger partial charge in [0.05, 0.1) is 0 Å². The Morgan fingerprint density at radius 1 is 1.06 bits per heavy atom. The van der Waals surface area contributed by atoms with Crippen LogP contribution in [0.5, 0.6) is 0 Å². The molecule has 2 amide bonds. The van der Waals surface area contributed by atoms with E-state index < -0.39 is 12.1 Å². The highest BCUT2D eigenvalue weighted by Crippen LogP contribution is 2.27. The number of esters is 1. The van der Waals surface area contributed by atoms with E-state index >= 15 is 0 Å². The molecule has 0 radical (unpaired) electrons. The molecule has 1 atom stereocenters. The fourth-order valence-electron chi connectivity index (χ4n) is 3.65. The van der Waals surface area contributed by atoms with E-state index in [1.807, 2.05) is 36.4 Å². The number of carbonyl (C=O) groups excluding carboxylic acids is 3. The van der Waals surface area contributed by atoms with Crippen molar-refractivity contribution in [1.29, 1.82) is 0 Å². The number of nitrogens with zero attached hydrogens (tertiary/aromatic N) is 1. The number of hydrogen-bond acceptors (Lipinski definition) is 4. The van der Waals surface area contributed by atoms with Gasteiger partial charge in [-0.1, -0.05) is 51.1 Å². The molecule has 0 bridgehead atoms. The fourth-order valence-corrected chi connectivity index (χ4v) is 3.65. The molecule has 2 aromatic carbocycles. The predicted octanol–water partition coefficient (Wildman–Crippen LogP) is 3.63. The molecule has 2 aromatic rings. The van der Waals surface area contributed by atoms with Crippen molar-refractivity contribution >= 4 is 23.5 Å². The highest BCUT2D eigenvalue weighted by Gasteiger charge is 2.28. The van der Waals surface area contributed by atoms with E-state index in [0.29, 0.717) is 12.1 Å². The van der Waals surface area contributed by atoms with Crippen molar-refractivity contribution in [3.05, 3.63) is 65.2 Å². The molecule has 6 nitrogen and oxygen atoms in total. The van der Waals surface area contributed by atoms with Crippen LogP contribution in [0.4, 0.5) is 5.69 Å². The number of nitrogens with one attached hydrogen (secondary N) is 1. The predicted molar refractivity (Wildman–Crippen MR) is 120 cm³/mol. The van der Waals surface area contributed by atoms with Crippen molar-refractivity contribution in [3.8, 4) is 0 Å². The van der Waals surface area contributed by atoms with Crippen LogP contribution < -0.4 is 10.2 Å². The molecule has 1 heterocycles. The van der Waals surface area contributed by atoms with Crippen LogP contribution in [-0.4, -0.2) is 37.0 Å². The minimum atomic E-state index is -0.929. The summed E-state index contributed by atoms with van der Waals surface area (Å²) < 4.78 is 5.29. The molecule has 3 rings (SSSR count). The molecule has 0 saturated carbocycles. The molecule has 31 heavy (non-hydrogen) atoms. The van der Waals surface area contributed by atoms with Crippen LogP contribution in [-0.2, 0) is 26.2 Å². The second-order valence-corrected chi connectivity index (χ2v) is 8.86. The van der Waals surface area contributed by atoms with Crippen molar-refractivity contribution < 1.29 is 19.1 Å². The van der Waals surface area contributed by atoms with Crippen molar-refractivity contribution in [2.45, 2.75) is 52.1 Å². The van der Waals surface area contributed by atoms with Crippen molar-refractivity contribution in [2.75, 3.05) is 18.0 Å². The van der Waals surface area contributed by atoms with Crippen LogP contribution >= 0.6 is 0 Å². The summed E-state index contributed by atoms with van der Waals surface area (Å²) in [6.07, 6.45) is 0.867. The van der Waals surface area contributed by atoms with Crippen molar-refractivity contribution in [2.24, 2.45) is 0 Å². The van der Waals surface area contributed by atoms with E-state index in [4.69, 9.17) is 4.74 Å². The van der Waals surface area contributed by atoms with Gasteiger partial charge in [-0.05, 0) is 54.5 Å². The normalized spacial score (nSPS) is 14.4. The Morgan fingerprint density at radius 2 is 1.74 bits per heavy atom. The molecule has 1 unspecified atom stereocenters. The SMILES string of the molecule is CC(OC(=O)CNC(=O)c1ccc(C(C)(C)C)cc1)C(=O)N1CCCc2ccccc21. The quantitative estimate of drug-likeness (QED) is 0.747. The second kappa shape index (κ2) is 9.33. The number of benzene rings is 2. The van der Waals surface area contributed by atoms with Gasteiger partial charge < -0.3 is 15.0 Å². The minimum Gasteiger partial charge on any atom is -0.451 e. The van der Waals surface area contributed by atoms with Gasteiger partial charge in [0.25, 0.3) is 11.8 Å². The molecular formula is C25H30N2O4. The number of hydrogen-bond donors (Lipinski definition) is 1. The molecule has 0 aliphatic carbocycles. The minimum absolute atomic E-state index is 0.00361. The van der Waals surface area contributed by atoms with Gasteiger partial charge in [-0.2, -0.15) is 0 Å². The fraction of sp³-hybridized carbons (Fsp3) is 0.400. The molecule has 164 valence electrons. The van der Waals surface area contributed by atoms with E-state index in [9.17, 15) is 14.4 Å². The van der Waals surface area contributed by atoms with E-state index in [-0.39, 0.29) is 23.8 Å². The van der Waals surface area contributed by atoms with Crippen LogP contribution in [0.1, 0.15) is 55.6 Å². The number of amides is 2. The highest BCUT2D eigenvalue weighted by atomic mass is 16.5. The zero-order chi connectivity index (χ0) is 22.6. The molecule has 0 aromatic heterocycles. The third-order valence-electron chi connectivity index (χ3n) is 5.44. The Hall–Kier alpha value is -3.15. The number of ether oxygens (including phenoxy) is 1. The lowest BCUT2D eigenvalue weighted by atomic mass is 9.87. The van der Waals surface area contributed by atoms with Crippen molar-refractivity contribution in [1.82, 2.24) is 5.32 Å². The maximum Gasteiger partial charge on any atom is 0.326 e. The first-order valence-electron chi connectivity index (χ1n) is 10.6. The van der Waals surface area contributed by atoms with Crippen LogP contribution in [0, 0.1) is 0 Å². The van der Waals surface area contributed by atoms with Gasteiger partial charge in [0.2, 0.25) is 0 Å². The largest absolute Gasteiger partial charge is 0.451 e. The zero-order valence-corrected chi connectivity index (χ0v) is 18.6. The number of rotatable bonds is 5. The Balaban J connectivity index is 1.52. The van der Waals surface area contributed by atoms with Gasteiger partial charge in [0.15, 0.2) is 6.10 Å². The van der Waals surface area contributed by atoms with Crippen LogP contribution in [0.2, 0.25) is 0 Å². The topological polar surface area (TPSA) is 75.7 Å². The number of carbonyl (C=O) groups is 3. The van der Waals surface area contributed by atoms with Gasteiger partial charge in [-0.25, -0.2) is 0 Å². The molecule has 1 N–H and O–H groups in total. The number of anilines is 1. The summed E-state index contributed by atoms with van der Waals surface area (Å²) in [4.78, 5) is 39.0. The molecule has 0 spiro atoms. The Labute approximate surface area is 183 Å². The van der Waals surface area contributed by atoms with Gasteiger partial charge >= 0.3 is 5.97 Å². The highest BCUT2D eigenvalue weighted by molar-refractivity contribution is 5.99. The maximum atomic E-state index is 12.8. The summed E-state index contributed by atoms with van der Waals surface area (Å²) >= 11 is 0. The number of aryl methyl sites for hydroxylation is 1. The number of fused-ring (bicyclic) bond motifs is 1. The summed E-state index contributed by atoms with van der Waals surface area (Å²) in [5.74, 6) is -1.27. The molecule has 1 aliphatic heterocycles. The first kappa shape index (κ1) is 22.5. The first-order chi connectivity index (χ1) is 14.7. The average molecular weight is 423 g/mol. The zero-order valence-electron chi connectivity index (χ0n) is 18.6. The Morgan fingerprint density at radius 3 is 2.42 bits per heavy atom. The molecule has 0 fully saturated rings. The monoisotopic (exact) mass is 422 g/mol. The average Bonchev–Trinajstić information content (AvgIpc) is 2.76. The van der Waals surface area contributed by atoms with Crippen molar-refractivity contribution in [3.63, 3.8) is 0 Å². The summed E-state index contributed by atoms with van der Waals surface area (Å²) in [7, 11) is 0. The van der Waals surface area contributed by atoms with E-state index in [1.165, 1.54) is 0 Å². The summed E-state index contributed by atoms with van der Waals surface area (Å²) in [6.45, 7) is 8.16. The number of para-hydroxylation sites is 1. The maximum absolute atomic E-state index is 12.8. The van der Waals surface area contributed by atoms with Crippen LogP contribution in [0.25, 0.3) is 0 Å². The lowest BCUT2D eigenvalue weighted by Crippen LogP contribution is -2.43. The lowest BCUT2D eigenvalue weighted by molar-refractivity contribution is -0.152. The van der Waals surface area contributed by atoms with E-state index in [0.717, 1.165) is 29.7 Å². The third-order valence-corrected chi connectivity index (χ3v) is 5.44.